The van der Waals surface area contributed by atoms with Crippen molar-refractivity contribution in [1.82, 2.24) is 20.2 Å². The topological polar surface area (TPSA) is 99.2 Å². The van der Waals surface area contributed by atoms with Crippen molar-refractivity contribution in [3.8, 4) is 0 Å². The predicted molar refractivity (Wildman–Crippen MR) is 102 cm³/mol. The van der Waals surface area contributed by atoms with Gasteiger partial charge in [0.15, 0.2) is 5.82 Å². The summed E-state index contributed by atoms with van der Waals surface area (Å²) in [7, 11) is 5.60. The second kappa shape index (κ2) is 9.12. The lowest BCUT2D eigenvalue weighted by Crippen LogP contribution is -2.42. The molecule has 1 heterocycles. The number of hydrogen-bond acceptors (Lipinski definition) is 5. The van der Waals surface area contributed by atoms with Crippen molar-refractivity contribution < 1.29 is 4.79 Å². The second-order valence-corrected chi connectivity index (χ2v) is 6.97. The summed E-state index contributed by atoms with van der Waals surface area (Å²) in [5.74, 6) is 0.0686. The van der Waals surface area contributed by atoms with Gasteiger partial charge < -0.3 is 15.5 Å². The molecule has 1 rings (SSSR count). The number of aromatic nitrogens is 1. The van der Waals surface area contributed by atoms with Crippen molar-refractivity contribution in [2.45, 2.75) is 26.8 Å². The van der Waals surface area contributed by atoms with E-state index in [1.807, 2.05) is 33.0 Å². The van der Waals surface area contributed by atoms with Gasteiger partial charge in [-0.3, -0.25) is 4.79 Å². The molecule has 0 aliphatic heterocycles. The minimum atomic E-state index is -0.391. The van der Waals surface area contributed by atoms with E-state index < -0.39 is 5.91 Å². The molecular formula is C17H29N7O. The Morgan fingerprint density at radius 2 is 2.04 bits per heavy atom. The zero-order valence-corrected chi connectivity index (χ0v) is 15.9. The molecule has 1 atom stereocenters. The van der Waals surface area contributed by atoms with E-state index in [1.165, 1.54) is 0 Å². The smallest absolute Gasteiger partial charge is 0.290 e. The first-order valence-corrected chi connectivity index (χ1v) is 8.09. The summed E-state index contributed by atoms with van der Waals surface area (Å²) in [5.41, 5.74) is 8.62. The first kappa shape index (κ1) is 20.6. The van der Waals surface area contributed by atoms with Gasteiger partial charge in [-0.15, -0.1) is 0 Å². The molecule has 0 saturated heterocycles. The molecule has 0 aliphatic carbocycles. The van der Waals surface area contributed by atoms with Gasteiger partial charge in [-0.05, 0) is 24.5 Å². The Labute approximate surface area is 149 Å². The number of carbonyl (C=O) groups is 1. The lowest BCUT2D eigenvalue weighted by atomic mass is 9.86. The summed E-state index contributed by atoms with van der Waals surface area (Å²) in [5, 5.41) is 3.97. The number of hydrazone groups is 1. The Morgan fingerprint density at radius 3 is 2.64 bits per heavy atom. The van der Waals surface area contributed by atoms with Crippen molar-refractivity contribution in [3.05, 3.63) is 23.9 Å². The van der Waals surface area contributed by atoms with Gasteiger partial charge in [0.2, 0.25) is 0 Å². The number of nitrogens with zero attached hydrogens (tertiary/aromatic N) is 5. The third-order valence-electron chi connectivity index (χ3n) is 3.70. The molecule has 0 aromatic carbocycles. The van der Waals surface area contributed by atoms with E-state index in [-0.39, 0.29) is 17.2 Å². The van der Waals surface area contributed by atoms with E-state index in [1.54, 1.807) is 35.8 Å². The van der Waals surface area contributed by atoms with Crippen LogP contribution in [-0.4, -0.2) is 67.1 Å². The first-order valence-electron chi connectivity index (χ1n) is 8.09. The maximum absolute atomic E-state index is 12.1. The van der Waals surface area contributed by atoms with Gasteiger partial charge in [0.25, 0.3) is 5.91 Å². The lowest BCUT2D eigenvalue weighted by Gasteiger charge is -2.32. The Morgan fingerprint density at radius 1 is 1.36 bits per heavy atom. The van der Waals surface area contributed by atoms with E-state index in [9.17, 15) is 4.79 Å². The number of rotatable bonds is 8. The van der Waals surface area contributed by atoms with Crippen LogP contribution in [-0.2, 0) is 0 Å². The standard InChI is InChI=1S/C17H29N7O/c1-13(18)17(2,3)10-24(6)12-20-22-16(25)14-8-7-9-15(21-14)19-11-23(4)5/h7-9,11-13H,10,18H2,1-6H3,(H,22,25)/b19-11+,20-12+. The summed E-state index contributed by atoms with van der Waals surface area (Å²) in [6.45, 7) is 6.87. The SMILES string of the molecule is CC(N)C(C)(C)CN(C)/C=N/NC(=O)c1cccc(/N=C/N(C)C)n1. The summed E-state index contributed by atoms with van der Waals surface area (Å²) in [6, 6.07) is 5.12. The highest BCUT2D eigenvalue weighted by molar-refractivity contribution is 5.92. The molecule has 0 aliphatic rings. The minimum Gasteiger partial charge on any atom is -0.369 e. The highest BCUT2D eigenvalue weighted by Gasteiger charge is 2.23. The minimum absolute atomic E-state index is 0.0487. The molecule has 0 spiro atoms. The lowest BCUT2D eigenvalue weighted by molar-refractivity contribution is 0.0949. The molecule has 8 heteroatoms. The number of nitrogens with one attached hydrogen (secondary N) is 1. The van der Waals surface area contributed by atoms with Gasteiger partial charge in [-0.2, -0.15) is 5.10 Å². The second-order valence-electron chi connectivity index (χ2n) is 6.97. The number of hydrogen-bond donors (Lipinski definition) is 2. The van der Waals surface area contributed by atoms with Gasteiger partial charge in [0.05, 0.1) is 6.34 Å². The quantitative estimate of drug-likeness (QED) is 0.419. The highest BCUT2D eigenvalue weighted by Crippen LogP contribution is 2.19. The highest BCUT2D eigenvalue weighted by atomic mass is 16.2. The molecule has 0 radical (unpaired) electrons. The molecule has 8 nitrogen and oxygen atoms in total. The monoisotopic (exact) mass is 347 g/mol. The maximum Gasteiger partial charge on any atom is 0.290 e. The van der Waals surface area contributed by atoms with Gasteiger partial charge in [0.1, 0.15) is 12.0 Å². The van der Waals surface area contributed by atoms with Crippen LogP contribution < -0.4 is 11.2 Å². The van der Waals surface area contributed by atoms with E-state index in [0.29, 0.717) is 5.82 Å². The fraction of sp³-hybridized carbons (Fsp3) is 0.529. The van der Waals surface area contributed by atoms with Crippen LogP contribution in [0.4, 0.5) is 5.82 Å². The average molecular weight is 347 g/mol. The number of amides is 1. The summed E-state index contributed by atoms with van der Waals surface area (Å²) >= 11 is 0. The normalized spacial score (nSPS) is 13.2. The largest absolute Gasteiger partial charge is 0.369 e. The Balaban J connectivity index is 2.63. The number of nitrogens with two attached hydrogens (primary N) is 1. The predicted octanol–water partition coefficient (Wildman–Crippen LogP) is 1.28. The number of pyridine rings is 1. The molecule has 3 N–H and O–H groups in total. The molecule has 138 valence electrons. The summed E-state index contributed by atoms with van der Waals surface area (Å²) in [6.07, 6.45) is 3.19. The Bertz CT molecular complexity index is 623. The average Bonchev–Trinajstić information content (AvgIpc) is 2.52. The maximum atomic E-state index is 12.1. The summed E-state index contributed by atoms with van der Waals surface area (Å²) in [4.78, 5) is 24.1. The zero-order chi connectivity index (χ0) is 19.0. The fourth-order valence-electron chi connectivity index (χ4n) is 1.87. The zero-order valence-electron chi connectivity index (χ0n) is 15.9. The van der Waals surface area contributed by atoms with Crippen molar-refractivity contribution in [2.24, 2.45) is 21.2 Å². The van der Waals surface area contributed by atoms with Crippen LogP contribution in [0.5, 0.6) is 0 Å². The third kappa shape index (κ3) is 7.30. The van der Waals surface area contributed by atoms with Crippen molar-refractivity contribution >= 4 is 24.4 Å². The van der Waals surface area contributed by atoms with Crippen LogP contribution >= 0.6 is 0 Å². The van der Waals surface area contributed by atoms with Crippen LogP contribution in [0.15, 0.2) is 28.3 Å². The van der Waals surface area contributed by atoms with Crippen molar-refractivity contribution in [1.29, 1.82) is 0 Å². The Kier molecular flexibility index (Phi) is 7.50. The third-order valence-corrected chi connectivity index (χ3v) is 3.70. The van der Waals surface area contributed by atoms with Crippen LogP contribution in [0, 0.1) is 5.41 Å². The molecular weight excluding hydrogens is 318 g/mol. The molecule has 1 unspecified atom stereocenters. The van der Waals surface area contributed by atoms with E-state index in [2.05, 4.69) is 34.4 Å². The number of carbonyl (C=O) groups excluding carboxylic acids is 1. The van der Waals surface area contributed by atoms with Crippen LogP contribution in [0.25, 0.3) is 0 Å². The van der Waals surface area contributed by atoms with Gasteiger partial charge in [0, 0.05) is 33.7 Å². The van der Waals surface area contributed by atoms with E-state index in [0.717, 1.165) is 6.54 Å². The molecule has 0 bridgehead atoms. The van der Waals surface area contributed by atoms with Gasteiger partial charge in [-0.25, -0.2) is 15.4 Å². The Hall–Kier alpha value is -2.48. The van der Waals surface area contributed by atoms with Gasteiger partial charge in [-0.1, -0.05) is 19.9 Å². The van der Waals surface area contributed by atoms with Gasteiger partial charge >= 0.3 is 0 Å². The van der Waals surface area contributed by atoms with Crippen LogP contribution in [0.1, 0.15) is 31.3 Å². The molecule has 0 saturated carbocycles. The van der Waals surface area contributed by atoms with E-state index >= 15 is 0 Å². The molecule has 1 aromatic rings. The van der Waals surface area contributed by atoms with E-state index in [4.69, 9.17) is 5.73 Å². The van der Waals surface area contributed by atoms with Crippen molar-refractivity contribution in [3.63, 3.8) is 0 Å². The van der Waals surface area contributed by atoms with Crippen molar-refractivity contribution in [2.75, 3.05) is 27.7 Å². The molecule has 1 amide bonds. The number of aliphatic imine (C=N–C) groups is 1. The van der Waals surface area contributed by atoms with Crippen LogP contribution in [0.3, 0.4) is 0 Å². The summed E-state index contributed by atoms with van der Waals surface area (Å²) < 4.78 is 0. The fourth-order valence-corrected chi connectivity index (χ4v) is 1.87. The molecule has 1 aromatic heterocycles. The molecule has 25 heavy (non-hydrogen) atoms. The first-order chi connectivity index (χ1) is 11.6. The van der Waals surface area contributed by atoms with Crippen LogP contribution in [0.2, 0.25) is 0 Å². The molecule has 0 fully saturated rings.